The van der Waals surface area contributed by atoms with E-state index in [1.807, 2.05) is 0 Å². The van der Waals surface area contributed by atoms with Gasteiger partial charge in [-0.15, -0.1) is 0 Å². The summed E-state index contributed by atoms with van der Waals surface area (Å²) in [5.41, 5.74) is -7.14. The molecule has 4 aliphatic carbocycles. The van der Waals surface area contributed by atoms with Gasteiger partial charge in [0.1, 0.15) is 6.17 Å². The van der Waals surface area contributed by atoms with Gasteiger partial charge in [0.15, 0.2) is 17.1 Å². The number of fused-ring (bicyclic) bond motifs is 5. The zero-order valence-electron chi connectivity index (χ0n) is 16.2. The topological polar surface area (TPSA) is 94.8 Å². The molecule has 9 atom stereocenters. The molecule has 3 fully saturated rings. The van der Waals surface area contributed by atoms with Crippen LogP contribution < -0.4 is 0 Å². The fraction of sp³-hybridized carbons (Fsp3) is 0.714. The van der Waals surface area contributed by atoms with E-state index in [-0.39, 0.29) is 24.8 Å². The van der Waals surface area contributed by atoms with E-state index < -0.39 is 63.9 Å². The largest absolute Gasteiger partial charge is 0.479 e. The first kappa shape index (κ1) is 19.7. The second-order valence-electron chi connectivity index (χ2n) is 9.57. The van der Waals surface area contributed by atoms with Crippen LogP contribution in [0.2, 0.25) is 0 Å². The number of ketones is 1. The number of aliphatic carboxylic acids is 1. The number of halogens is 2. The number of carbonyl (C=O) groups is 2. The highest BCUT2D eigenvalue weighted by Crippen LogP contribution is 2.70. The Morgan fingerprint density at radius 2 is 1.89 bits per heavy atom. The molecule has 0 amide bonds. The average molecular weight is 396 g/mol. The standard InChI is InChI=1S/C21H26F2O5/c1-10-6-12-13-8-15(22)14-7-11(24)4-5-18(14,2)20(13,23)16(25)9-19(12,3)21(10,28)17(26)27/h4-5,7,10,12-13,15-16,25,28H,6,8-9H2,1-3H3,(H,26,27)/t10-,12+,13+,15+,16+,18+,19+,20?,21-/m1/s1. The highest BCUT2D eigenvalue weighted by atomic mass is 19.1. The lowest BCUT2D eigenvalue weighted by Gasteiger charge is -2.62. The fourth-order valence-corrected chi connectivity index (χ4v) is 7.00. The molecule has 5 nitrogen and oxygen atoms in total. The lowest BCUT2D eigenvalue weighted by Crippen LogP contribution is -2.70. The molecule has 7 heteroatoms. The van der Waals surface area contributed by atoms with E-state index in [0.717, 1.165) is 6.08 Å². The van der Waals surface area contributed by atoms with E-state index in [4.69, 9.17) is 0 Å². The quantitative estimate of drug-likeness (QED) is 0.633. The monoisotopic (exact) mass is 396 g/mol. The zero-order valence-corrected chi connectivity index (χ0v) is 16.2. The van der Waals surface area contributed by atoms with Gasteiger partial charge in [0.05, 0.1) is 6.10 Å². The molecule has 1 unspecified atom stereocenters. The number of carboxylic acids is 1. The predicted octanol–water partition coefficient (Wildman–Crippen LogP) is 2.37. The van der Waals surface area contributed by atoms with Gasteiger partial charge in [0.2, 0.25) is 0 Å². The van der Waals surface area contributed by atoms with Crippen LogP contribution in [0.3, 0.4) is 0 Å². The predicted molar refractivity (Wildman–Crippen MR) is 95.8 cm³/mol. The minimum Gasteiger partial charge on any atom is -0.479 e. The van der Waals surface area contributed by atoms with Gasteiger partial charge < -0.3 is 15.3 Å². The molecule has 3 saturated carbocycles. The van der Waals surface area contributed by atoms with Gasteiger partial charge in [-0.3, -0.25) is 4.79 Å². The third-order valence-electron chi connectivity index (χ3n) is 8.54. The van der Waals surface area contributed by atoms with Gasteiger partial charge in [0.25, 0.3) is 0 Å². The lowest BCUT2D eigenvalue weighted by molar-refractivity contribution is -0.229. The van der Waals surface area contributed by atoms with Crippen molar-refractivity contribution in [2.45, 2.75) is 63.6 Å². The van der Waals surface area contributed by atoms with Crippen molar-refractivity contribution in [3.05, 3.63) is 23.8 Å². The van der Waals surface area contributed by atoms with Crippen LogP contribution >= 0.6 is 0 Å². The van der Waals surface area contributed by atoms with Crippen LogP contribution in [-0.4, -0.2) is 50.6 Å². The molecule has 0 aromatic carbocycles. The lowest BCUT2D eigenvalue weighted by atomic mass is 9.44. The van der Waals surface area contributed by atoms with E-state index in [1.165, 1.54) is 19.1 Å². The summed E-state index contributed by atoms with van der Waals surface area (Å²) < 4.78 is 31.9. The number of carbonyl (C=O) groups excluding carboxylic acids is 1. The maximum Gasteiger partial charge on any atom is 0.336 e. The van der Waals surface area contributed by atoms with Crippen molar-refractivity contribution in [1.29, 1.82) is 0 Å². The summed E-state index contributed by atoms with van der Waals surface area (Å²) >= 11 is 0. The smallest absolute Gasteiger partial charge is 0.336 e. The third kappa shape index (κ3) is 1.92. The minimum absolute atomic E-state index is 0.0287. The number of allylic oxidation sites excluding steroid dienone is 4. The molecule has 4 rings (SSSR count). The average Bonchev–Trinajstić information content (AvgIpc) is 2.81. The van der Waals surface area contributed by atoms with E-state index >= 15 is 8.78 Å². The first-order chi connectivity index (χ1) is 12.8. The fourth-order valence-electron chi connectivity index (χ4n) is 7.00. The van der Waals surface area contributed by atoms with Gasteiger partial charge in [-0.2, -0.15) is 0 Å². The van der Waals surface area contributed by atoms with Crippen molar-refractivity contribution >= 4 is 11.8 Å². The van der Waals surface area contributed by atoms with E-state index in [2.05, 4.69) is 0 Å². The summed E-state index contributed by atoms with van der Waals surface area (Å²) in [4.78, 5) is 23.7. The number of hydrogen-bond donors (Lipinski definition) is 3. The van der Waals surface area contributed by atoms with Gasteiger partial charge in [-0.25, -0.2) is 13.6 Å². The highest BCUT2D eigenvalue weighted by Gasteiger charge is 2.76. The van der Waals surface area contributed by atoms with Crippen LogP contribution in [0.4, 0.5) is 8.78 Å². The number of hydrogen-bond acceptors (Lipinski definition) is 4. The molecule has 3 N–H and O–H groups in total. The molecule has 0 spiro atoms. The van der Waals surface area contributed by atoms with Crippen LogP contribution in [0.5, 0.6) is 0 Å². The van der Waals surface area contributed by atoms with Crippen molar-refractivity contribution in [2.75, 3.05) is 0 Å². The molecule has 0 saturated heterocycles. The normalized spacial score (nSPS) is 55.2. The Labute approximate surface area is 162 Å². The van der Waals surface area contributed by atoms with Crippen molar-refractivity contribution in [1.82, 2.24) is 0 Å². The van der Waals surface area contributed by atoms with E-state index in [0.29, 0.717) is 0 Å². The molecule has 0 aliphatic heterocycles. The van der Waals surface area contributed by atoms with Crippen molar-refractivity contribution in [3.63, 3.8) is 0 Å². The summed E-state index contributed by atoms with van der Waals surface area (Å²) in [5.74, 6) is -4.07. The molecule has 0 aromatic heterocycles. The Bertz CT molecular complexity index is 824. The SMILES string of the molecule is C[C@@H]1C[C@H]2[C@@H]3C[C@H](F)C4=CC(=O)C=C[C@]4(C)C3(F)[C@@H](O)C[C@]2(C)[C@]1(O)C(=O)O. The molecule has 154 valence electrons. The number of alkyl halides is 2. The zero-order chi connectivity index (χ0) is 20.9. The molecular formula is C21H26F2O5. The van der Waals surface area contributed by atoms with Gasteiger partial charge in [-0.1, -0.05) is 19.9 Å². The van der Waals surface area contributed by atoms with E-state index in [9.17, 15) is 24.9 Å². The Morgan fingerprint density at radius 3 is 2.50 bits per heavy atom. The van der Waals surface area contributed by atoms with Gasteiger partial charge >= 0.3 is 5.97 Å². The maximum absolute atomic E-state index is 16.8. The Hall–Kier alpha value is -1.60. The second-order valence-corrected chi connectivity index (χ2v) is 9.57. The molecule has 0 aromatic rings. The first-order valence-electron chi connectivity index (χ1n) is 9.76. The summed E-state index contributed by atoms with van der Waals surface area (Å²) in [6.45, 7) is 4.67. The summed E-state index contributed by atoms with van der Waals surface area (Å²) in [6, 6.07) is 0. The minimum atomic E-state index is -2.26. The molecular weight excluding hydrogens is 370 g/mol. The number of rotatable bonds is 1. The summed E-state index contributed by atoms with van der Waals surface area (Å²) in [5, 5.41) is 31.8. The molecule has 28 heavy (non-hydrogen) atoms. The van der Waals surface area contributed by atoms with Crippen LogP contribution in [0.25, 0.3) is 0 Å². The molecule has 4 aliphatic rings. The van der Waals surface area contributed by atoms with Gasteiger partial charge in [-0.05, 0) is 55.7 Å². The third-order valence-corrected chi connectivity index (χ3v) is 8.54. The number of carboxylic acid groups (broad SMARTS) is 1. The van der Waals surface area contributed by atoms with E-state index in [1.54, 1.807) is 13.8 Å². The number of aliphatic hydroxyl groups is 2. The molecule has 0 bridgehead atoms. The van der Waals surface area contributed by atoms with Crippen LogP contribution in [-0.2, 0) is 9.59 Å². The van der Waals surface area contributed by atoms with Crippen molar-refractivity contribution < 1.29 is 33.7 Å². The van der Waals surface area contributed by atoms with Crippen molar-refractivity contribution in [3.8, 4) is 0 Å². The van der Waals surface area contributed by atoms with Crippen molar-refractivity contribution in [2.24, 2.45) is 28.6 Å². The van der Waals surface area contributed by atoms with Crippen LogP contribution in [0.1, 0.15) is 40.0 Å². The summed E-state index contributed by atoms with van der Waals surface area (Å²) in [6.07, 6.45) is 0.214. The number of aliphatic hydroxyl groups excluding tert-OH is 1. The molecule has 0 radical (unpaired) electrons. The Kier molecular flexibility index (Phi) is 3.88. The van der Waals surface area contributed by atoms with Crippen LogP contribution in [0, 0.1) is 28.6 Å². The summed E-state index contributed by atoms with van der Waals surface area (Å²) in [7, 11) is 0. The molecule has 0 heterocycles. The second kappa shape index (κ2) is 5.51. The first-order valence-corrected chi connectivity index (χ1v) is 9.76. The maximum atomic E-state index is 16.8. The van der Waals surface area contributed by atoms with Gasteiger partial charge in [0, 0.05) is 16.7 Å². The van der Waals surface area contributed by atoms with Crippen LogP contribution in [0.15, 0.2) is 23.8 Å². The highest BCUT2D eigenvalue weighted by molar-refractivity contribution is 6.01. The Morgan fingerprint density at radius 1 is 1.25 bits per heavy atom. The Balaban J connectivity index is 1.88.